The van der Waals surface area contributed by atoms with Crippen LogP contribution >= 0.6 is 0 Å². The number of aromatic nitrogens is 1. The number of phenols is 1. The smallest absolute Gasteiger partial charge is 0.328 e. The molecule has 0 saturated heterocycles. The molecule has 28 N–H and O–H groups in total. The number of carboxylic acid groups (broad SMARTS) is 2. The minimum Gasteiger partial charge on any atom is -0.508 e. The van der Waals surface area contributed by atoms with E-state index in [9.17, 15) is 122 Å². The Hall–Kier alpha value is -13.2. The molecule has 0 radical (unpaired) electrons. The Bertz CT molecular complexity index is 4380. The van der Waals surface area contributed by atoms with E-state index in [1.54, 1.807) is 102 Å². The summed E-state index contributed by atoms with van der Waals surface area (Å²) < 4.78 is 0. The standard InChI is InChI=1S/C78H111N19O25/c1-10-37(5)62(76(119)94-55(35-99)78(121)122)95-72(115)49(25-42-17-13-12-14-18-42)88-66(109)40(8)85-65(108)39(7)86-68(111)52(29-57(80)103)90-69(112)48(26-43-21-23-45(101)24-22-43)89-71(114)53(30-60(106)107)92-77(120)64(41(9)100)97-73(116)51(28-56(79)102)87-59(105)33-83-58(104)32-84-67(110)54(34-98)93-70(113)50(27-44-31-82-47-20-16-15-19-46(44)47)91-75(118)63(38(6)11-2)96-74(117)61(81)36(3)4/h12-24,31,36-41,48-55,61-64,82,98-101H,10-11,25-30,32-35,81H2,1-9H3,(H2,79,102)(H2,80,103)(H,83,104)(H,84,110)(H,85,108)(H,86,111)(H,87,105)(H,88,109)(H,89,114)(H,90,112)(H,91,118)(H,92,120)(H,93,113)(H,94,119)(H,95,115)(H,96,117)(H,97,116)(H,106,107)(H,121,122)/t37-,38-,39-,40-,41+,48-,49-,50-,51-,52-,53-,54-,55-,61-,62-,63-,64-/m0/s1. The summed E-state index contributed by atoms with van der Waals surface area (Å²) in [6, 6.07) is -3.24. The number of para-hydroxylation sites is 1. The molecule has 0 aliphatic heterocycles. The second-order valence-electron chi connectivity index (χ2n) is 29.5. The van der Waals surface area contributed by atoms with Gasteiger partial charge in [-0.15, -0.1) is 0 Å². The van der Waals surface area contributed by atoms with Gasteiger partial charge in [-0.3, -0.25) is 86.3 Å². The van der Waals surface area contributed by atoms with Crippen molar-refractivity contribution in [3.8, 4) is 5.75 Å². The lowest BCUT2D eigenvalue weighted by Gasteiger charge is -2.28. The van der Waals surface area contributed by atoms with E-state index in [1.165, 1.54) is 31.2 Å². The Labute approximate surface area is 700 Å². The summed E-state index contributed by atoms with van der Waals surface area (Å²) >= 11 is 0. The molecule has 0 spiro atoms. The van der Waals surface area contributed by atoms with Crippen molar-refractivity contribution in [1.82, 2.24) is 84.7 Å². The number of amides is 17. The van der Waals surface area contributed by atoms with E-state index in [4.69, 9.17) is 17.2 Å². The first-order chi connectivity index (χ1) is 57.4. The molecular weight excluding hydrogens is 1600 g/mol. The Kier molecular flexibility index (Phi) is 40.9. The molecule has 0 aliphatic rings. The van der Waals surface area contributed by atoms with E-state index in [0.29, 0.717) is 34.9 Å². The maximum atomic E-state index is 14.4. The van der Waals surface area contributed by atoms with Crippen molar-refractivity contribution in [2.75, 3.05) is 26.3 Å². The van der Waals surface area contributed by atoms with Crippen LogP contribution in [-0.4, -0.2) is 265 Å². The molecule has 0 unspecified atom stereocenters. The number of aliphatic carboxylic acids is 2. The number of rotatable bonds is 51. The lowest BCUT2D eigenvalue weighted by atomic mass is 9.96. The van der Waals surface area contributed by atoms with Crippen LogP contribution in [0, 0.1) is 17.8 Å². The number of primary amides is 2. The van der Waals surface area contributed by atoms with Gasteiger partial charge in [-0.1, -0.05) is 115 Å². The third-order valence-corrected chi connectivity index (χ3v) is 19.4. The number of hydrogen-bond donors (Lipinski definition) is 25. The van der Waals surface area contributed by atoms with Crippen LogP contribution in [0.25, 0.3) is 10.9 Å². The van der Waals surface area contributed by atoms with E-state index < -0.39 is 267 Å². The normalized spacial score (nSPS) is 15.3. The highest BCUT2D eigenvalue weighted by molar-refractivity contribution is 6.02. The predicted octanol–water partition coefficient (Wildman–Crippen LogP) is -7.77. The van der Waals surface area contributed by atoms with Gasteiger partial charge in [-0.05, 0) is 73.4 Å². The SMILES string of the molecule is CC[C@H](C)[C@H](NC(=O)[C@H](Cc1ccccc1)NC(=O)[C@H](C)NC(=O)[C@H](C)NC(=O)[C@H](CC(N)=O)NC(=O)[C@H](Cc1ccc(O)cc1)NC(=O)[C@H](CC(=O)O)NC(=O)[C@@H](NC(=O)[C@H](CC(N)=O)NC(=O)CNC(=O)CNC(=O)[C@H](CO)NC(=O)[C@H](Cc1c[nH]c2ccccc12)NC(=O)[C@@H](NC(=O)[C@@H](N)C(C)C)[C@@H](C)CC)[C@@H](C)O)C(=O)N[C@@H](CO)C(=O)O. The number of H-pyrrole nitrogens is 1. The summed E-state index contributed by atoms with van der Waals surface area (Å²) in [7, 11) is 0. The van der Waals surface area contributed by atoms with Crippen LogP contribution in [0.4, 0.5) is 0 Å². The largest absolute Gasteiger partial charge is 0.508 e. The molecule has 0 saturated carbocycles. The molecule has 0 fully saturated rings. The average Bonchev–Trinajstić information content (AvgIpc) is 1.64. The first-order valence-corrected chi connectivity index (χ1v) is 38.9. The maximum absolute atomic E-state index is 14.4. The van der Waals surface area contributed by atoms with E-state index in [2.05, 4.69) is 79.4 Å². The number of aromatic hydroxyl groups is 1. The van der Waals surface area contributed by atoms with Crippen LogP contribution in [0.1, 0.15) is 111 Å². The van der Waals surface area contributed by atoms with Gasteiger partial charge in [0.1, 0.15) is 84.3 Å². The molecule has 0 aliphatic carbocycles. The zero-order valence-electron chi connectivity index (χ0n) is 68.6. The van der Waals surface area contributed by atoms with Crippen LogP contribution < -0.4 is 97.0 Å². The number of benzene rings is 3. The highest BCUT2D eigenvalue weighted by Crippen LogP contribution is 2.21. The molecule has 0 bridgehead atoms. The van der Waals surface area contributed by atoms with Crippen molar-refractivity contribution in [3.63, 3.8) is 0 Å². The molecule has 4 aromatic rings. The summed E-state index contributed by atoms with van der Waals surface area (Å²) in [6.45, 7) is 9.49. The highest BCUT2D eigenvalue weighted by Gasteiger charge is 2.40. The monoisotopic (exact) mass is 1710 g/mol. The number of nitrogens with two attached hydrogens (primary N) is 3. The summed E-state index contributed by atoms with van der Waals surface area (Å²) in [6.07, 6.45) is -3.89. The van der Waals surface area contributed by atoms with Gasteiger partial charge < -0.3 is 133 Å². The Morgan fingerprint density at radius 2 is 0.787 bits per heavy atom. The Balaban J connectivity index is 1.46. The predicted molar refractivity (Wildman–Crippen MR) is 432 cm³/mol. The maximum Gasteiger partial charge on any atom is 0.328 e. The van der Waals surface area contributed by atoms with Gasteiger partial charge in [0.05, 0.1) is 57.7 Å². The van der Waals surface area contributed by atoms with E-state index in [0.717, 1.165) is 13.8 Å². The first kappa shape index (κ1) is 101. The van der Waals surface area contributed by atoms with Gasteiger partial charge in [0.2, 0.25) is 100 Å². The quantitative estimate of drug-likeness (QED) is 0.0195. The van der Waals surface area contributed by atoms with Gasteiger partial charge in [-0.25, -0.2) is 4.79 Å². The number of carbonyl (C=O) groups is 19. The number of hydrogen-bond acceptors (Lipinski definition) is 24. The lowest BCUT2D eigenvalue weighted by molar-refractivity contribution is -0.144. The number of fused-ring (bicyclic) bond motifs is 1. The fourth-order valence-electron chi connectivity index (χ4n) is 11.8. The number of aliphatic hydroxyl groups is 3. The number of phenolic OH excluding ortho intramolecular Hbond substituents is 1. The van der Waals surface area contributed by atoms with Gasteiger partial charge in [0, 0.05) is 36.4 Å². The van der Waals surface area contributed by atoms with Crippen molar-refractivity contribution < 1.29 is 122 Å². The second-order valence-corrected chi connectivity index (χ2v) is 29.5. The van der Waals surface area contributed by atoms with Crippen molar-refractivity contribution in [2.24, 2.45) is 35.0 Å². The molecule has 17 amide bonds. The third-order valence-electron chi connectivity index (χ3n) is 19.4. The summed E-state index contributed by atoms with van der Waals surface area (Å²) in [5.74, 6) is -24.2. The molecule has 668 valence electrons. The van der Waals surface area contributed by atoms with Crippen molar-refractivity contribution in [3.05, 3.63) is 102 Å². The van der Waals surface area contributed by atoms with Crippen LogP contribution in [-0.2, 0) is 110 Å². The minimum absolute atomic E-state index is 0.164. The second kappa shape index (κ2) is 49.4. The lowest BCUT2D eigenvalue weighted by Crippen LogP contribution is -2.62. The topological polar surface area (TPSA) is 720 Å². The fourth-order valence-corrected chi connectivity index (χ4v) is 11.8. The number of carbonyl (C=O) groups excluding carboxylic acids is 17. The van der Waals surface area contributed by atoms with Gasteiger partial charge >= 0.3 is 11.9 Å². The van der Waals surface area contributed by atoms with Gasteiger partial charge in [-0.2, -0.15) is 0 Å². The molecular formula is C78H111N19O25. The van der Waals surface area contributed by atoms with Crippen LogP contribution in [0.2, 0.25) is 0 Å². The van der Waals surface area contributed by atoms with E-state index >= 15 is 0 Å². The van der Waals surface area contributed by atoms with E-state index in [1.807, 2.05) is 5.32 Å². The summed E-state index contributed by atoms with van der Waals surface area (Å²) in [4.78, 5) is 258. The van der Waals surface area contributed by atoms with Crippen LogP contribution in [0.3, 0.4) is 0 Å². The van der Waals surface area contributed by atoms with Crippen molar-refractivity contribution in [2.45, 2.75) is 204 Å². The number of carboxylic acids is 2. The number of nitrogens with one attached hydrogen (secondary N) is 16. The highest BCUT2D eigenvalue weighted by atomic mass is 16.4. The molecule has 3 aromatic carbocycles. The molecule has 44 heteroatoms. The zero-order chi connectivity index (χ0) is 91.5. The Morgan fingerprint density at radius 1 is 0.393 bits per heavy atom. The number of aliphatic hydroxyl groups excluding tert-OH is 3. The van der Waals surface area contributed by atoms with Crippen molar-refractivity contribution >= 4 is 123 Å². The van der Waals surface area contributed by atoms with Crippen LogP contribution in [0.5, 0.6) is 5.75 Å². The fraction of sp³-hybridized carbons (Fsp3) is 0.500. The molecule has 122 heavy (non-hydrogen) atoms. The molecule has 4 rings (SSSR count). The third kappa shape index (κ3) is 32.8. The van der Waals surface area contributed by atoms with Gasteiger partial charge in [0.25, 0.3) is 0 Å². The molecule has 1 heterocycles. The first-order valence-electron chi connectivity index (χ1n) is 38.9. The van der Waals surface area contributed by atoms with E-state index in [-0.39, 0.29) is 30.1 Å². The Morgan fingerprint density at radius 3 is 1.30 bits per heavy atom. The molecule has 1 aromatic heterocycles. The van der Waals surface area contributed by atoms with Crippen molar-refractivity contribution in [1.29, 1.82) is 0 Å². The van der Waals surface area contributed by atoms with Gasteiger partial charge in [0.15, 0.2) is 0 Å². The van der Waals surface area contributed by atoms with Crippen LogP contribution in [0.15, 0.2) is 85.1 Å². The molecule has 17 atom stereocenters. The number of aromatic amines is 1. The summed E-state index contributed by atoms with van der Waals surface area (Å²) in [5, 5.41) is 95.4. The zero-order valence-corrected chi connectivity index (χ0v) is 68.6. The summed E-state index contributed by atoms with van der Waals surface area (Å²) in [5.41, 5.74) is 18.9. The minimum atomic E-state index is -2.23. The average molecular weight is 1710 g/mol. The molecule has 44 nitrogen and oxygen atoms in total.